The normalized spacial score (nSPS) is 9.83. The Balaban J connectivity index is 0.00000162. The molecular weight excluding hydrogens is 286 g/mol. The first-order valence-corrected chi connectivity index (χ1v) is 6.41. The van der Waals surface area contributed by atoms with Crippen molar-refractivity contribution in [2.75, 3.05) is 0 Å². The lowest BCUT2D eigenvalue weighted by Gasteiger charge is -2.02. The average Bonchev–Trinajstić information content (AvgIpc) is 2.40. The molecule has 2 aromatic rings. The summed E-state index contributed by atoms with van der Waals surface area (Å²) >= 11 is 0. The molecule has 0 bridgehead atoms. The fourth-order valence-corrected chi connectivity index (χ4v) is 2.15. The highest BCUT2D eigenvalue weighted by atomic mass is 79.9. The van der Waals surface area contributed by atoms with Gasteiger partial charge in [-0.3, -0.25) is 0 Å². The second-order valence-corrected chi connectivity index (χ2v) is 4.33. The molecule has 0 aliphatic heterocycles. The van der Waals surface area contributed by atoms with Crippen LogP contribution in [0.2, 0.25) is 0 Å². The van der Waals surface area contributed by atoms with Gasteiger partial charge in [0.05, 0.1) is 0 Å². The largest absolute Gasteiger partial charge is 1.00 e. The quantitative estimate of drug-likeness (QED) is 0.694. The maximum Gasteiger partial charge on any atom is 0.181 e. The molecule has 0 spiro atoms. The molecule has 18 heavy (non-hydrogen) atoms. The second kappa shape index (κ2) is 8.04. The van der Waals surface area contributed by atoms with Gasteiger partial charge in [0.2, 0.25) is 0 Å². The SMILES string of the molecule is CCc1cccc[n+]1CCCc1ccccc1.[Br-]. The molecule has 0 unspecified atom stereocenters. The summed E-state index contributed by atoms with van der Waals surface area (Å²) in [6.45, 7) is 3.32. The lowest BCUT2D eigenvalue weighted by molar-refractivity contribution is -0.704. The van der Waals surface area contributed by atoms with E-state index >= 15 is 0 Å². The number of benzene rings is 1. The van der Waals surface area contributed by atoms with Crippen molar-refractivity contribution in [3.05, 3.63) is 66.0 Å². The molecule has 0 aliphatic carbocycles. The summed E-state index contributed by atoms with van der Waals surface area (Å²) in [6, 6.07) is 17.2. The van der Waals surface area contributed by atoms with Gasteiger partial charge in [-0.1, -0.05) is 43.3 Å². The number of halogens is 1. The predicted molar refractivity (Wildman–Crippen MR) is 70.8 cm³/mol. The Morgan fingerprint density at radius 1 is 0.944 bits per heavy atom. The molecule has 1 aromatic heterocycles. The molecule has 1 heterocycles. The van der Waals surface area contributed by atoms with Crippen molar-refractivity contribution in [1.82, 2.24) is 0 Å². The third-order valence-corrected chi connectivity index (χ3v) is 3.10. The monoisotopic (exact) mass is 305 g/mol. The Bertz CT molecular complexity index is 454. The van der Waals surface area contributed by atoms with E-state index in [2.05, 4.69) is 66.2 Å². The van der Waals surface area contributed by atoms with Crippen molar-refractivity contribution in [3.8, 4) is 0 Å². The fourth-order valence-electron chi connectivity index (χ4n) is 2.15. The molecule has 0 N–H and O–H groups in total. The highest BCUT2D eigenvalue weighted by molar-refractivity contribution is 5.14. The summed E-state index contributed by atoms with van der Waals surface area (Å²) in [4.78, 5) is 0. The summed E-state index contributed by atoms with van der Waals surface area (Å²) in [6.07, 6.45) is 5.65. The van der Waals surface area contributed by atoms with E-state index in [9.17, 15) is 0 Å². The minimum Gasteiger partial charge on any atom is -1.00 e. The Morgan fingerprint density at radius 3 is 2.39 bits per heavy atom. The van der Waals surface area contributed by atoms with Crippen molar-refractivity contribution in [2.24, 2.45) is 0 Å². The van der Waals surface area contributed by atoms with Gasteiger partial charge in [-0.2, -0.15) is 0 Å². The van der Waals surface area contributed by atoms with Crippen LogP contribution in [-0.4, -0.2) is 0 Å². The Morgan fingerprint density at radius 2 is 1.67 bits per heavy atom. The molecule has 0 saturated carbocycles. The molecule has 2 rings (SSSR count). The molecule has 0 amide bonds. The number of pyridine rings is 1. The zero-order chi connectivity index (χ0) is 11.9. The number of hydrogen-bond acceptors (Lipinski definition) is 0. The zero-order valence-electron chi connectivity index (χ0n) is 10.8. The maximum atomic E-state index is 2.36. The molecule has 1 aromatic carbocycles. The first kappa shape index (κ1) is 14.9. The first-order chi connectivity index (χ1) is 8.40. The predicted octanol–water partition coefficient (Wildman–Crippen LogP) is 0.173. The van der Waals surface area contributed by atoms with Gasteiger partial charge >= 0.3 is 0 Å². The minimum absolute atomic E-state index is 0. The summed E-state index contributed by atoms with van der Waals surface area (Å²) in [5.74, 6) is 0. The Hall–Kier alpha value is -1.15. The fraction of sp³-hybridized carbons (Fsp3) is 0.312. The van der Waals surface area contributed by atoms with Crippen molar-refractivity contribution in [1.29, 1.82) is 0 Å². The van der Waals surface area contributed by atoms with Gasteiger partial charge in [0.25, 0.3) is 0 Å². The Labute approximate surface area is 120 Å². The van der Waals surface area contributed by atoms with Crippen molar-refractivity contribution in [2.45, 2.75) is 32.7 Å². The summed E-state index contributed by atoms with van der Waals surface area (Å²) in [5.41, 5.74) is 2.85. The molecule has 0 atom stereocenters. The number of aromatic nitrogens is 1. The van der Waals surface area contributed by atoms with Crippen LogP contribution in [0.5, 0.6) is 0 Å². The van der Waals surface area contributed by atoms with Crippen LogP contribution in [0.1, 0.15) is 24.6 Å². The van der Waals surface area contributed by atoms with Gasteiger partial charge in [0, 0.05) is 25.0 Å². The molecule has 0 radical (unpaired) electrons. The standard InChI is InChI=1S/C16H20N.BrH/c1-2-16-12-6-7-13-17(16)14-8-11-15-9-4-3-5-10-15;/h3-7,9-10,12-13H,2,8,11,14H2,1H3;1H/q+1;/p-1. The molecule has 96 valence electrons. The smallest absolute Gasteiger partial charge is 0.181 e. The van der Waals surface area contributed by atoms with Crippen LogP contribution in [0.3, 0.4) is 0 Å². The summed E-state index contributed by atoms with van der Waals surface area (Å²) < 4.78 is 2.36. The summed E-state index contributed by atoms with van der Waals surface area (Å²) in [5, 5.41) is 0. The Kier molecular flexibility index (Phi) is 6.66. The third kappa shape index (κ3) is 4.26. The van der Waals surface area contributed by atoms with Crippen LogP contribution in [0.15, 0.2) is 54.7 Å². The number of aryl methyl sites for hydroxylation is 3. The van der Waals surface area contributed by atoms with E-state index in [0.717, 1.165) is 19.4 Å². The van der Waals surface area contributed by atoms with E-state index in [1.165, 1.54) is 17.7 Å². The van der Waals surface area contributed by atoms with Gasteiger partial charge in [0.1, 0.15) is 6.54 Å². The zero-order valence-corrected chi connectivity index (χ0v) is 12.4. The minimum atomic E-state index is 0. The average molecular weight is 306 g/mol. The number of hydrogen-bond donors (Lipinski definition) is 0. The molecule has 0 saturated heterocycles. The van der Waals surface area contributed by atoms with E-state index < -0.39 is 0 Å². The lowest BCUT2D eigenvalue weighted by atomic mass is 10.1. The first-order valence-electron chi connectivity index (χ1n) is 6.41. The van der Waals surface area contributed by atoms with Crippen LogP contribution in [0, 0.1) is 0 Å². The van der Waals surface area contributed by atoms with E-state index in [4.69, 9.17) is 0 Å². The highest BCUT2D eigenvalue weighted by Gasteiger charge is 2.06. The van der Waals surface area contributed by atoms with Gasteiger partial charge in [-0.15, -0.1) is 0 Å². The van der Waals surface area contributed by atoms with E-state index in [-0.39, 0.29) is 17.0 Å². The topological polar surface area (TPSA) is 3.88 Å². The van der Waals surface area contributed by atoms with Gasteiger partial charge in [0.15, 0.2) is 11.9 Å². The molecular formula is C16H20BrN. The van der Waals surface area contributed by atoms with Crippen LogP contribution >= 0.6 is 0 Å². The van der Waals surface area contributed by atoms with Gasteiger partial charge < -0.3 is 17.0 Å². The van der Waals surface area contributed by atoms with Crippen LogP contribution in [0.4, 0.5) is 0 Å². The molecule has 2 heteroatoms. The molecule has 1 nitrogen and oxygen atoms in total. The number of nitrogens with zero attached hydrogens (tertiary/aromatic N) is 1. The molecule has 0 aliphatic rings. The van der Waals surface area contributed by atoms with Crippen LogP contribution in [-0.2, 0) is 19.4 Å². The highest BCUT2D eigenvalue weighted by Crippen LogP contribution is 2.02. The second-order valence-electron chi connectivity index (χ2n) is 4.33. The summed E-state index contributed by atoms with van der Waals surface area (Å²) in [7, 11) is 0. The third-order valence-electron chi connectivity index (χ3n) is 3.10. The van der Waals surface area contributed by atoms with Crippen molar-refractivity contribution >= 4 is 0 Å². The van der Waals surface area contributed by atoms with Crippen LogP contribution < -0.4 is 21.5 Å². The number of rotatable bonds is 5. The van der Waals surface area contributed by atoms with Crippen molar-refractivity contribution in [3.63, 3.8) is 0 Å². The lowest BCUT2D eigenvalue weighted by Crippen LogP contribution is -3.00. The molecule has 0 fully saturated rings. The van der Waals surface area contributed by atoms with E-state index in [1.54, 1.807) is 0 Å². The van der Waals surface area contributed by atoms with E-state index in [1.807, 2.05) is 0 Å². The van der Waals surface area contributed by atoms with E-state index in [0.29, 0.717) is 0 Å². The van der Waals surface area contributed by atoms with Crippen molar-refractivity contribution < 1.29 is 21.5 Å². The maximum absolute atomic E-state index is 2.36. The van der Waals surface area contributed by atoms with Gasteiger partial charge in [-0.25, -0.2) is 4.57 Å². The van der Waals surface area contributed by atoms with Crippen LogP contribution in [0.25, 0.3) is 0 Å². The van der Waals surface area contributed by atoms with Gasteiger partial charge in [-0.05, 0) is 12.0 Å².